The molecule has 0 saturated heterocycles. The second-order valence-electron chi connectivity index (χ2n) is 5.54. The van der Waals surface area contributed by atoms with Crippen LogP contribution < -0.4 is 16.4 Å². The molecule has 142 valence electrons. The van der Waals surface area contributed by atoms with Crippen LogP contribution in [0.2, 0.25) is 0 Å². The summed E-state index contributed by atoms with van der Waals surface area (Å²) in [6.45, 7) is 8.79. The molecule has 0 heterocycles. The van der Waals surface area contributed by atoms with E-state index in [1.807, 2.05) is 19.9 Å². The minimum Gasteiger partial charge on any atom is -0.383 e. The summed E-state index contributed by atoms with van der Waals surface area (Å²) in [6, 6.07) is 5.25. The molecule has 1 aromatic rings. The highest BCUT2D eigenvalue weighted by Gasteiger charge is 2.18. The Morgan fingerprint density at radius 1 is 1.35 bits per heavy atom. The summed E-state index contributed by atoms with van der Waals surface area (Å²) >= 11 is 0. The number of primary amides is 1. The highest BCUT2D eigenvalue weighted by molar-refractivity contribution is 6.00. The van der Waals surface area contributed by atoms with Crippen molar-refractivity contribution in [2.45, 2.75) is 33.1 Å². The number of carbonyl (C=O) groups excluding carboxylic acids is 2. The smallest absolute Gasteiger partial charge is 0.250 e. The molecule has 0 fully saturated rings. The average Bonchev–Trinajstić information content (AvgIpc) is 2.64. The number of Topliss-reactive ketones (excluding diaryl/α,β-unsaturated/α-hetero) is 1. The number of allylic oxidation sites excluding steroid dienone is 3. The number of benzene rings is 1. The standard InChI is InChI=1S/C18H23N3O3.C2H6/c1-3-13-15(5-4-6-17(13)22)21-12-7-8-14(18(19)23)16(11-12)20-9-10-24-2;1-2/h3,7-8,11,20-21H,1,4-6,9-10H2,2H3,(H2,19,23);1-2H3. The first kappa shape index (κ1) is 21.4. The lowest BCUT2D eigenvalue weighted by atomic mass is 9.94. The summed E-state index contributed by atoms with van der Waals surface area (Å²) in [7, 11) is 1.61. The zero-order valence-corrected chi connectivity index (χ0v) is 15.9. The van der Waals surface area contributed by atoms with Crippen molar-refractivity contribution in [3.63, 3.8) is 0 Å². The zero-order valence-electron chi connectivity index (χ0n) is 15.9. The van der Waals surface area contributed by atoms with Crippen LogP contribution in [0.5, 0.6) is 0 Å². The predicted octanol–water partition coefficient (Wildman–Crippen LogP) is 3.48. The van der Waals surface area contributed by atoms with Gasteiger partial charge in [-0.25, -0.2) is 0 Å². The van der Waals surface area contributed by atoms with Crippen molar-refractivity contribution in [3.8, 4) is 0 Å². The predicted molar refractivity (Wildman–Crippen MR) is 106 cm³/mol. The van der Waals surface area contributed by atoms with Gasteiger partial charge in [-0.3, -0.25) is 9.59 Å². The number of anilines is 2. The van der Waals surface area contributed by atoms with E-state index in [9.17, 15) is 9.59 Å². The Kier molecular flexibility index (Phi) is 9.15. The molecule has 0 aliphatic heterocycles. The van der Waals surface area contributed by atoms with Crippen molar-refractivity contribution in [2.24, 2.45) is 5.73 Å². The van der Waals surface area contributed by atoms with Gasteiger partial charge < -0.3 is 21.1 Å². The van der Waals surface area contributed by atoms with Crippen LogP contribution in [0.1, 0.15) is 43.5 Å². The van der Waals surface area contributed by atoms with Gasteiger partial charge in [-0.15, -0.1) is 0 Å². The van der Waals surface area contributed by atoms with Crippen LogP contribution in [0.3, 0.4) is 0 Å². The Labute approximate surface area is 155 Å². The lowest BCUT2D eigenvalue weighted by Crippen LogP contribution is -2.17. The van der Waals surface area contributed by atoms with Crippen LogP contribution in [0.4, 0.5) is 11.4 Å². The highest BCUT2D eigenvalue weighted by Crippen LogP contribution is 2.27. The van der Waals surface area contributed by atoms with Crippen molar-refractivity contribution in [1.29, 1.82) is 0 Å². The first-order valence-corrected chi connectivity index (χ1v) is 8.89. The van der Waals surface area contributed by atoms with Gasteiger partial charge in [-0.2, -0.15) is 0 Å². The average molecular weight is 359 g/mol. The maximum absolute atomic E-state index is 12.0. The molecule has 26 heavy (non-hydrogen) atoms. The molecule has 0 bridgehead atoms. The van der Waals surface area contributed by atoms with Crippen molar-refractivity contribution in [1.82, 2.24) is 0 Å². The first-order valence-electron chi connectivity index (χ1n) is 8.89. The van der Waals surface area contributed by atoms with E-state index in [2.05, 4.69) is 17.2 Å². The van der Waals surface area contributed by atoms with E-state index in [4.69, 9.17) is 10.5 Å². The third kappa shape index (κ3) is 5.74. The van der Waals surface area contributed by atoms with Crippen LogP contribution >= 0.6 is 0 Å². The van der Waals surface area contributed by atoms with Crippen molar-refractivity contribution >= 4 is 23.1 Å². The number of hydrogen-bond donors (Lipinski definition) is 3. The van der Waals surface area contributed by atoms with Gasteiger partial charge in [0.05, 0.1) is 12.2 Å². The summed E-state index contributed by atoms with van der Waals surface area (Å²) in [5, 5.41) is 6.41. The number of nitrogens with two attached hydrogens (primary N) is 1. The maximum atomic E-state index is 12.0. The Hall–Kier alpha value is -2.60. The Morgan fingerprint density at radius 3 is 2.69 bits per heavy atom. The molecule has 2 rings (SSSR count). The molecule has 0 spiro atoms. The Bertz CT molecular complexity index is 681. The topological polar surface area (TPSA) is 93.4 Å². The van der Waals surface area contributed by atoms with Crippen LogP contribution in [0.25, 0.3) is 0 Å². The van der Waals surface area contributed by atoms with Gasteiger partial charge in [0.2, 0.25) is 0 Å². The van der Waals surface area contributed by atoms with E-state index in [0.29, 0.717) is 36.4 Å². The molecule has 0 radical (unpaired) electrons. The lowest BCUT2D eigenvalue weighted by Gasteiger charge is -2.20. The normalized spacial score (nSPS) is 13.6. The summed E-state index contributed by atoms with van der Waals surface area (Å²) < 4.78 is 5.01. The molecular formula is C20H29N3O3. The van der Waals surface area contributed by atoms with Crippen LogP contribution in [0, 0.1) is 0 Å². The van der Waals surface area contributed by atoms with E-state index in [-0.39, 0.29) is 5.78 Å². The number of carbonyl (C=O) groups is 2. The number of amides is 1. The van der Waals surface area contributed by atoms with E-state index in [0.717, 1.165) is 24.2 Å². The van der Waals surface area contributed by atoms with E-state index in [1.165, 1.54) is 0 Å². The molecule has 0 saturated carbocycles. The molecule has 6 heteroatoms. The van der Waals surface area contributed by atoms with Gasteiger partial charge in [-0.05, 0) is 31.0 Å². The number of ether oxygens (including phenoxy) is 1. The number of rotatable bonds is 8. The molecule has 1 aromatic carbocycles. The van der Waals surface area contributed by atoms with Crippen molar-refractivity contribution in [3.05, 3.63) is 47.7 Å². The Morgan fingerprint density at radius 2 is 2.08 bits per heavy atom. The Balaban J connectivity index is 0.00000163. The molecule has 0 atom stereocenters. The van der Waals surface area contributed by atoms with Crippen LogP contribution in [0.15, 0.2) is 42.1 Å². The van der Waals surface area contributed by atoms with Crippen molar-refractivity contribution < 1.29 is 14.3 Å². The van der Waals surface area contributed by atoms with E-state index < -0.39 is 5.91 Å². The largest absolute Gasteiger partial charge is 0.383 e. The minimum atomic E-state index is -0.500. The SMILES string of the molecule is C=CC1=C(Nc2ccc(C(N)=O)c(NCCOC)c2)CCCC1=O.CC. The van der Waals surface area contributed by atoms with E-state index >= 15 is 0 Å². The quantitative estimate of drug-likeness (QED) is 0.618. The summed E-state index contributed by atoms with van der Waals surface area (Å²) in [4.78, 5) is 23.5. The van der Waals surface area contributed by atoms with Crippen LogP contribution in [-0.2, 0) is 9.53 Å². The summed E-state index contributed by atoms with van der Waals surface area (Å²) in [6.07, 6.45) is 3.75. The fourth-order valence-corrected chi connectivity index (χ4v) is 2.68. The van der Waals surface area contributed by atoms with E-state index in [1.54, 1.807) is 25.3 Å². The second-order valence-corrected chi connectivity index (χ2v) is 5.54. The molecule has 0 aromatic heterocycles. The molecule has 0 unspecified atom stereocenters. The number of hydrogen-bond acceptors (Lipinski definition) is 5. The number of nitrogens with one attached hydrogen (secondary N) is 2. The molecule has 1 aliphatic carbocycles. The van der Waals surface area contributed by atoms with Gasteiger partial charge in [-0.1, -0.05) is 26.5 Å². The van der Waals surface area contributed by atoms with Gasteiger partial charge >= 0.3 is 0 Å². The number of methoxy groups -OCH3 is 1. The molecule has 4 N–H and O–H groups in total. The molecule has 1 amide bonds. The van der Waals surface area contributed by atoms with Crippen LogP contribution in [-0.4, -0.2) is 32.0 Å². The second kappa shape index (κ2) is 11.1. The highest BCUT2D eigenvalue weighted by atomic mass is 16.5. The van der Waals surface area contributed by atoms with Gasteiger partial charge in [0.25, 0.3) is 5.91 Å². The molecule has 6 nitrogen and oxygen atoms in total. The fraction of sp³-hybridized carbons (Fsp3) is 0.400. The van der Waals surface area contributed by atoms with Gasteiger partial charge in [0.15, 0.2) is 5.78 Å². The summed E-state index contributed by atoms with van der Waals surface area (Å²) in [5.74, 6) is -0.397. The number of ketones is 1. The minimum absolute atomic E-state index is 0.103. The van der Waals surface area contributed by atoms with Gasteiger partial charge in [0, 0.05) is 42.7 Å². The van der Waals surface area contributed by atoms with Crippen molar-refractivity contribution in [2.75, 3.05) is 30.9 Å². The summed E-state index contributed by atoms with van der Waals surface area (Å²) in [5.41, 5.74) is 8.73. The first-order chi connectivity index (χ1) is 12.6. The van der Waals surface area contributed by atoms with Gasteiger partial charge in [0.1, 0.15) is 0 Å². The maximum Gasteiger partial charge on any atom is 0.250 e. The fourth-order valence-electron chi connectivity index (χ4n) is 2.68. The molecular weight excluding hydrogens is 330 g/mol. The third-order valence-corrected chi connectivity index (χ3v) is 3.86. The zero-order chi connectivity index (χ0) is 19.5. The monoisotopic (exact) mass is 359 g/mol. The molecule has 1 aliphatic rings. The third-order valence-electron chi connectivity index (χ3n) is 3.86. The lowest BCUT2D eigenvalue weighted by molar-refractivity contribution is -0.115.